The van der Waals surface area contributed by atoms with E-state index in [1.165, 1.54) is 19.2 Å². The van der Waals surface area contributed by atoms with Crippen LogP contribution in [0.3, 0.4) is 0 Å². The molecule has 0 fully saturated rings. The molecule has 0 aliphatic heterocycles. The van der Waals surface area contributed by atoms with E-state index in [1.807, 2.05) is 31.2 Å². The van der Waals surface area contributed by atoms with Crippen molar-refractivity contribution in [3.8, 4) is 11.5 Å². The number of hydrogen-bond acceptors (Lipinski definition) is 3. The molecule has 1 amide bonds. The largest absolute Gasteiger partial charge is 0.507 e. The highest BCUT2D eigenvalue weighted by Crippen LogP contribution is 2.22. The number of aryl methyl sites for hydroxylation is 1. The summed E-state index contributed by atoms with van der Waals surface area (Å²) in [5.41, 5.74) is 2.36. The van der Waals surface area contributed by atoms with Crippen LogP contribution >= 0.6 is 0 Å². The molecule has 0 saturated carbocycles. The maximum atomic E-state index is 12.1. The summed E-state index contributed by atoms with van der Waals surface area (Å²) in [5, 5.41) is 12.5. The van der Waals surface area contributed by atoms with Gasteiger partial charge in [0.05, 0.1) is 12.7 Å². The predicted molar refractivity (Wildman–Crippen MR) is 77.0 cm³/mol. The molecule has 0 radical (unpaired) electrons. The third-order valence-corrected chi connectivity index (χ3v) is 2.98. The highest BCUT2D eigenvalue weighted by molar-refractivity contribution is 5.97. The van der Waals surface area contributed by atoms with Gasteiger partial charge in [0.2, 0.25) is 0 Å². The van der Waals surface area contributed by atoms with Crippen LogP contribution in [-0.4, -0.2) is 18.1 Å². The zero-order valence-corrected chi connectivity index (χ0v) is 11.5. The second-order valence-corrected chi connectivity index (χ2v) is 4.55. The van der Waals surface area contributed by atoms with Crippen molar-refractivity contribution in [2.24, 2.45) is 0 Å². The number of amides is 1. The molecule has 2 rings (SSSR count). The Morgan fingerprint density at radius 3 is 2.75 bits per heavy atom. The minimum Gasteiger partial charge on any atom is -0.507 e. The number of ether oxygens (including phenoxy) is 1. The SMILES string of the molecule is COc1ccc(O)c(C(=O)NCc2cccc(C)c2)c1. The molecule has 4 heteroatoms. The van der Waals surface area contributed by atoms with Gasteiger partial charge < -0.3 is 15.2 Å². The Labute approximate surface area is 118 Å². The lowest BCUT2D eigenvalue weighted by Crippen LogP contribution is -2.22. The standard InChI is InChI=1S/C16H17NO3/c1-11-4-3-5-12(8-11)10-17-16(19)14-9-13(20-2)6-7-15(14)18/h3-9,18H,10H2,1-2H3,(H,17,19). The predicted octanol–water partition coefficient (Wildman–Crippen LogP) is 2.64. The highest BCUT2D eigenvalue weighted by atomic mass is 16.5. The summed E-state index contributed by atoms with van der Waals surface area (Å²) >= 11 is 0. The summed E-state index contributed by atoms with van der Waals surface area (Å²) in [4.78, 5) is 12.1. The van der Waals surface area contributed by atoms with Gasteiger partial charge in [-0.2, -0.15) is 0 Å². The number of rotatable bonds is 4. The molecule has 2 N–H and O–H groups in total. The highest BCUT2D eigenvalue weighted by Gasteiger charge is 2.12. The summed E-state index contributed by atoms with van der Waals surface area (Å²) in [6.45, 7) is 2.41. The van der Waals surface area contributed by atoms with Crippen LogP contribution in [0.4, 0.5) is 0 Å². The second-order valence-electron chi connectivity index (χ2n) is 4.55. The van der Waals surface area contributed by atoms with Gasteiger partial charge >= 0.3 is 0 Å². The van der Waals surface area contributed by atoms with Crippen LogP contribution in [0, 0.1) is 6.92 Å². The topological polar surface area (TPSA) is 58.6 Å². The van der Waals surface area contributed by atoms with E-state index < -0.39 is 0 Å². The van der Waals surface area contributed by atoms with E-state index in [1.54, 1.807) is 6.07 Å². The molecule has 0 aliphatic rings. The monoisotopic (exact) mass is 271 g/mol. The summed E-state index contributed by atoms with van der Waals surface area (Å²) in [6.07, 6.45) is 0. The minimum atomic E-state index is -0.331. The Bertz CT molecular complexity index is 623. The first-order valence-corrected chi connectivity index (χ1v) is 6.31. The van der Waals surface area contributed by atoms with Crippen molar-refractivity contribution in [2.75, 3.05) is 7.11 Å². The lowest BCUT2D eigenvalue weighted by atomic mass is 10.1. The van der Waals surface area contributed by atoms with Crippen LogP contribution in [0.25, 0.3) is 0 Å². The van der Waals surface area contributed by atoms with Crippen LogP contribution in [-0.2, 0) is 6.54 Å². The number of phenols is 1. The van der Waals surface area contributed by atoms with Gasteiger partial charge in [-0.25, -0.2) is 0 Å². The number of nitrogens with one attached hydrogen (secondary N) is 1. The fourth-order valence-corrected chi connectivity index (χ4v) is 1.92. The smallest absolute Gasteiger partial charge is 0.255 e. The molecular formula is C16H17NO3. The van der Waals surface area contributed by atoms with Crippen molar-refractivity contribution in [2.45, 2.75) is 13.5 Å². The van der Waals surface area contributed by atoms with Gasteiger partial charge in [-0.05, 0) is 30.7 Å². The van der Waals surface area contributed by atoms with Gasteiger partial charge in [-0.1, -0.05) is 29.8 Å². The molecular weight excluding hydrogens is 254 g/mol. The average Bonchev–Trinajstić information content (AvgIpc) is 2.45. The Morgan fingerprint density at radius 2 is 2.05 bits per heavy atom. The zero-order chi connectivity index (χ0) is 14.5. The number of hydrogen-bond donors (Lipinski definition) is 2. The van der Waals surface area contributed by atoms with E-state index in [0.29, 0.717) is 12.3 Å². The lowest BCUT2D eigenvalue weighted by Gasteiger charge is -2.09. The number of aromatic hydroxyl groups is 1. The fourth-order valence-electron chi connectivity index (χ4n) is 1.92. The first-order valence-electron chi connectivity index (χ1n) is 6.31. The van der Waals surface area contributed by atoms with Crippen LogP contribution in [0.1, 0.15) is 21.5 Å². The lowest BCUT2D eigenvalue weighted by molar-refractivity contribution is 0.0948. The Morgan fingerprint density at radius 1 is 1.25 bits per heavy atom. The number of carbonyl (C=O) groups excluding carboxylic acids is 1. The molecule has 2 aromatic carbocycles. The molecule has 4 nitrogen and oxygen atoms in total. The first kappa shape index (κ1) is 13.9. The van der Waals surface area contributed by atoms with Crippen molar-refractivity contribution in [1.82, 2.24) is 5.32 Å². The van der Waals surface area contributed by atoms with E-state index in [0.717, 1.165) is 11.1 Å². The van der Waals surface area contributed by atoms with Crippen LogP contribution in [0.5, 0.6) is 11.5 Å². The molecule has 2 aromatic rings. The average molecular weight is 271 g/mol. The number of phenolic OH excluding ortho intramolecular Hbond substituents is 1. The molecule has 20 heavy (non-hydrogen) atoms. The van der Waals surface area contributed by atoms with Gasteiger partial charge in [-0.3, -0.25) is 4.79 Å². The fraction of sp³-hybridized carbons (Fsp3) is 0.188. The number of benzene rings is 2. The van der Waals surface area contributed by atoms with E-state index in [-0.39, 0.29) is 17.2 Å². The van der Waals surface area contributed by atoms with Crippen molar-refractivity contribution in [1.29, 1.82) is 0 Å². The maximum absolute atomic E-state index is 12.1. The quantitative estimate of drug-likeness (QED) is 0.898. The first-order chi connectivity index (χ1) is 9.60. The summed E-state index contributed by atoms with van der Waals surface area (Å²) in [5.74, 6) is 0.138. The minimum absolute atomic E-state index is 0.0625. The molecule has 0 saturated heterocycles. The third kappa shape index (κ3) is 3.29. The van der Waals surface area contributed by atoms with Gasteiger partial charge in [0.1, 0.15) is 11.5 Å². The molecule has 0 bridgehead atoms. The molecule has 0 spiro atoms. The maximum Gasteiger partial charge on any atom is 0.255 e. The molecule has 0 aliphatic carbocycles. The van der Waals surface area contributed by atoms with Crippen molar-refractivity contribution in [3.05, 3.63) is 59.2 Å². The molecule has 0 atom stereocenters. The molecule has 0 heterocycles. The van der Waals surface area contributed by atoms with E-state index in [4.69, 9.17) is 4.74 Å². The van der Waals surface area contributed by atoms with E-state index >= 15 is 0 Å². The van der Waals surface area contributed by atoms with Crippen LogP contribution < -0.4 is 10.1 Å². The Kier molecular flexibility index (Phi) is 4.25. The van der Waals surface area contributed by atoms with Crippen LogP contribution in [0.15, 0.2) is 42.5 Å². The summed E-state index contributed by atoms with van der Waals surface area (Å²) in [6, 6.07) is 12.5. The van der Waals surface area contributed by atoms with E-state index in [2.05, 4.69) is 5.32 Å². The molecule has 0 unspecified atom stereocenters. The van der Waals surface area contributed by atoms with Crippen molar-refractivity contribution >= 4 is 5.91 Å². The van der Waals surface area contributed by atoms with Crippen molar-refractivity contribution in [3.63, 3.8) is 0 Å². The Balaban J connectivity index is 2.08. The zero-order valence-electron chi connectivity index (χ0n) is 11.5. The van der Waals surface area contributed by atoms with E-state index in [9.17, 15) is 9.90 Å². The van der Waals surface area contributed by atoms with Crippen LogP contribution in [0.2, 0.25) is 0 Å². The van der Waals surface area contributed by atoms with Gasteiger partial charge in [0.25, 0.3) is 5.91 Å². The summed E-state index contributed by atoms with van der Waals surface area (Å²) < 4.78 is 5.05. The number of carbonyl (C=O) groups is 1. The number of methoxy groups -OCH3 is 1. The normalized spacial score (nSPS) is 10.1. The molecule has 104 valence electrons. The molecule has 0 aromatic heterocycles. The third-order valence-electron chi connectivity index (χ3n) is 2.98. The van der Waals surface area contributed by atoms with Gasteiger partial charge in [-0.15, -0.1) is 0 Å². The Hall–Kier alpha value is -2.49. The second kappa shape index (κ2) is 6.10. The summed E-state index contributed by atoms with van der Waals surface area (Å²) in [7, 11) is 1.51. The van der Waals surface area contributed by atoms with Gasteiger partial charge in [0, 0.05) is 6.54 Å². The van der Waals surface area contributed by atoms with Crippen molar-refractivity contribution < 1.29 is 14.6 Å². The van der Waals surface area contributed by atoms with Gasteiger partial charge in [0.15, 0.2) is 0 Å².